The Morgan fingerprint density at radius 3 is 3.00 bits per heavy atom. The summed E-state index contributed by atoms with van der Waals surface area (Å²) in [5.41, 5.74) is 0. The van der Waals surface area contributed by atoms with E-state index in [0.29, 0.717) is 0 Å². The predicted octanol–water partition coefficient (Wildman–Crippen LogP) is -0.441. The number of nitrogens with zero attached hydrogens (tertiary/aromatic N) is 1. The number of aliphatic hydroxyl groups is 1. The number of esters is 1. The van der Waals surface area contributed by atoms with E-state index < -0.39 is 5.97 Å². The van der Waals surface area contributed by atoms with Crippen LogP contribution in [0.15, 0.2) is 12.2 Å². The number of carbonyl (C=O) groups excluding carboxylic acids is 1. The van der Waals surface area contributed by atoms with Crippen molar-refractivity contribution in [2.24, 2.45) is 0 Å². The Morgan fingerprint density at radius 1 is 1.89 bits per heavy atom. The van der Waals surface area contributed by atoms with Crippen molar-refractivity contribution < 1.29 is 14.6 Å². The molecule has 0 bridgehead atoms. The zero-order valence-corrected chi connectivity index (χ0v) is 4.57. The van der Waals surface area contributed by atoms with Crippen LogP contribution < -0.4 is 0 Å². The third-order valence-corrected chi connectivity index (χ3v) is 0.506. The van der Waals surface area contributed by atoms with Gasteiger partial charge in [0.2, 0.25) is 0 Å². The largest absolute Gasteiger partial charge is 0.392 e. The average molecular weight is 127 g/mol. The Bertz CT molecular complexity index is 156. The highest BCUT2D eigenvalue weighted by Crippen LogP contribution is 1.76. The minimum absolute atomic E-state index is 0.236. The van der Waals surface area contributed by atoms with Gasteiger partial charge in [-0.2, -0.15) is 0 Å². The second kappa shape index (κ2) is 4.81. The van der Waals surface area contributed by atoms with Crippen LogP contribution in [0.4, 0.5) is 0 Å². The number of carbonyl (C=O) groups is 1. The zero-order valence-electron chi connectivity index (χ0n) is 4.57. The number of hydrogen-bond acceptors (Lipinski definition) is 4. The number of ether oxygens (including phenoxy) is 1. The van der Waals surface area contributed by atoms with Crippen LogP contribution in [0.5, 0.6) is 0 Å². The topological polar surface area (TPSA) is 70.3 Å². The molecule has 0 saturated heterocycles. The van der Waals surface area contributed by atoms with Crippen LogP contribution >= 0.6 is 0 Å². The van der Waals surface area contributed by atoms with E-state index in [1.54, 1.807) is 0 Å². The first-order valence-electron chi connectivity index (χ1n) is 2.18. The molecule has 0 aromatic carbocycles. The molecular weight excluding hydrogens is 122 g/mol. The molecule has 0 fully saturated rings. The minimum atomic E-state index is -0.772. The molecule has 4 nitrogen and oxygen atoms in total. The predicted molar refractivity (Wildman–Crippen MR) is 27.9 cm³/mol. The van der Waals surface area contributed by atoms with Gasteiger partial charge in [0.1, 0.15) is 0 Å². The van der Waals surface area contributed by atoms with E-state index in [1.165, 1.54) is 12.3 Å². The molecule has 0 aliphatic carbocycles. The SMILES string of the molecule is N#COC(=O)C=CCO. The van der Waals surface area contributed by atoms with Crippen LogP contribution in [-0.4, -0.2) is 17.7 Å². The molecule has 0 atom stereocenters. The van der Waals surface area contributed by atoms with Gasteiger partial charge >= 0.3 is 5.97 Å². The van der Waals surface area contributed by atoms with E-state index >= 15 is 0 Å². The number of rotatable bonds is 2. The van der Waals surface area contributed by atoms with Crippen molar-refractivity contribution in [2.75, 3.05) is 6.61 Å². The van der Waals surface area contributed by atoms with Gasteiger partial charge in [-0.3, -0.25) is 0 Å². The molecule has 1 N–H and O–H groups in total. The molecule has 9 heavy (non-hydrogen) atoms. The molecule has 0 unspecified atom stereocenters. The fraction of sp³-hybridized carbons (Fsp3) is 0.200. The molecule has 0 amide bonds. The lowest BCUT2D eigenvalue weighted by atomic mass is 10.5. The first-order chi connectivity index (χ1) is 4.31. The molecule has 0 aliphatic heterocycles. The van der Waals surface area contributed by atoms with Crippen LogP contribution in [0.1, 0.15) is 0 Å². The molecule has 0 aromatic heterocycles. The standard InChI is InChI=1S/C5H5NO3/c6-4-9-5(8)2-1-3-7/h1-2,7H,3H2. The normalized spacial score (nSPS) is 8.89. The number of nitriles is 1. The van der Waals surface area contributed by atoms with Crippen LogP contribution in [-0.2, 0) is 9.53 Å². The third kappa shape index (κ3) is 4.51. The highest BCUT2D eigenvalue weighted by atomic mass is 16.5. The van der Waals surface area contributed by atoms with E-state index in [1.807, 2.05) is 0 Å². The summed E-state index contributed by atoms with van der Waals surface area (Å²) in [6.07, 6.45) is 3.35. The molecular formula is C5H5NO3. The Kier molecular flexibility index (Phi) is 4.09. The summed E-state index contributed by atoms with van der Waals surface area (Å²) in [7, 11) is 0. The first-order valence-corrected chi connectivity index (χ1v) is 2.18. The summed E-state index contributed by atoms with van der Waals surface area (Å²) in [5.74, 6) is -0.772. The van der Waals surface area contributed by atoms with Gasteiger partial charge in [-0.15, -0.1) is 5.26 Å². The van der Waals surface area contributed by atoms with Gasteiger partial charge < -0.3 is 9.84 Å². The summed E-state index contributed by atoms with van der Waals surface area (Å²) in [6, 6.07) is 0. The van der Waals surface area contributed by atoms with Crippen LogP contribution in [0.25, 0.3) is 0 Å². The van der Waals surface area contributed by atoms with E-state index in [4.69, 9.17) is 10.4 Å². The number of hydrogen-bond donors (Lipinski definition) is 1. The maximum Gasteiger partial charge on any atom is 0.345 e. The summed E-state index contributed by atoms with van der Waals surface area (Å²) >= 11 is 0. The van der Waals surface area contributed by atoms with Crippen molar-refractivity contribution >= 4 is 5.97 Å². The first kappa shape index (κ1) is 7.66. The summed E-state index contributed by atoms with van der Waals surface area (Å²) in [6.45, 7) is -0.236. The van der Waals surface area contributed by atoms with Gasteiger partial charge in [-0.05, 0) is 0 Å². The molecule has 0 spiro atoms. The quantitative estimate of drug-likeness (QED) is 0.310. The average Bonchev–Trinajstić information content (AvgIpc) is 1.85. The molecule has 0 aliphatic rings. The maximum absolute atomic E-state index is 10.2. The van der Waals surface area contributed by atoms with Crippen molar-refractivity contribution in [1.29, 1.82) is 5.26 Å². The van der Waals surface area contributed by atoms with Gasteiger partial charge in [0, 0.05) is 6.08 Å². The van der Waals surface area contributed by atoms with Gasteiger partial charge in [0.05, 0.1) is 6.61 Å². The van der Waals surface area contributed by atoms with Crippen LogP contribution in [0.2, 0.25) is 0 Å². The van der Waals surface area contributed by atoms with Crippen LogP contribution in [0.3, 0.4) is 0 Å². The lowest BCUT2D eigenvalue weighted by Crippen LogP contribution is -1.93. The van der Waals surface area contributed by atoms with Gasteiger partial charge in [0.15, 0.2) is 0 Å². The lowest BCUT2D eigenvalue weighted by Gasteiger charge is -1.81. The zero-order chi connectivity index (χ0) is 7.11. The van der Waals surface area contributed by atoms with Gasteiger partial charge in [0.25, 0.3) is 6.26 Å². The highest BCUT2D eigenvalue weighted by molar-refractivity contribution is 5.82. The van der Waals surface area contributed by atoms with Crippen molar-refractivity contribution in [2.45, 2.75) is 0 Å². The second-order valence-electron chi connectivity index (χ2n) is 1.10. The number of aliphatic hydroxyl groups excluding tert-OH is 1. The summed E-state index contributed by atoms with van der Waals surface area (Å²) in [4.78, 5) is 10.2. The highest BCUT2D eigenvalue weighted by Gasteiger charge is 1.90. The van der Waals surface area contributed by atoms with E-state index in [9.17, 15) is 4.79 Å². The van der Waals surface area contributed by atoms with Gasteiger partial charge in [-0.25, -0.2) is 4.79 Å². The van der Waals surface area contributed by atoms with Crippen LogP contribution in [0, 0.1) is 11.5 Å². The maximum atomic E-state index is 10.2. The van der Waals surface area contributed by atoms with Gasteiger partial charge in [-0.1, -0.05) is 6.08 Å². The fourth-order valence-corrected chi connectivity index (χ4v) is 0.228. The molecule has 0 heterocycles. The molecule has 0 aromatic rings. The molecule has 0 rings (SSSR count). The lowest BCUT2D eigenvalue weighted by molar-refractivity contribution is -0.131. The smallest absolute Gasteiger partial charge is 0.345 e. The summed E-state index contributed by atoms with van der Waals surface area (Å²) < 4.78 is 3.81. The van der Waals surface area contributed by atoms with Crippen molar-refractivity contribution in [1.82, 2.24) is 0 Å². The summed E-state index contributed by atoms with van der Waals surface area (Å²) in [5, 5.41) is 15.9. The fourth-order valence-electron chi connectivity index (χ4n) is 0.228. The molecule has 48 valence electrons. The Balaban J connectivity index is 3.53. The van der Waals surface area contributed by atoms with Crippen molar-refractivity contribution in [3.63, 3.8) is 0 Å². The third-order valence-electron chi connectivity index (χ3n) is 0.506. The molecule has 0 radical (unpaired) electrons. The minimum Gasteiger partial charge on any atom is -0.392 e. The van der Waals surface area contributed by atoms with E-state index in [0.717, 1.165) is 6.08 Å². The monoisotopic (exact) mass is 127 g/mol. The van der Waals surface area contributed by atoms with E-state index in [-0.39, 0.29) is 6.61 Å². The van der Waals surface area contributed by atoms with Crippen molar-refractivity contribution in [3.05, 3.63) is 12.2 Å². The Labute approximate surface area is 52.0 Å². The molecule has 0 saturated carbocycles. The van der Waals surface area contributed by atoms with Crippen molar-refractivity contribution in [3.8, 4) is 6.26 Å². The van der Waals surface area contributed by atoms with E-state index in [2.05, 4.69) is 4.74 Å². The Morgan fingerprint density at radius 2 is 2.56 bits per heavy atom. The molecule has 4 heteroatoms. The Hall–Kier alpha value is -1.34. The second-order valence-corrected chi connectivity index (χ2v) is 1.10.